The number of nitrogens with zero attached hydrogens (tertiary/aromatic N) is 4. The summed E-state index contributed by atoms with van der Waals surface area (Å²) in [5, 5.41) is 0. The van der Waals surface area contributed by atoms with Gasteiger partial charge in [-0.15, -0.1) is 0 Å². The molecule has 10 heteroatoms. The van der Waals surface area contributed by atoms with Gasteiger partial charge < -0.3 is 14.2 Å². The van der Waals surface area contributed by atoms with Crippen molar-refractivity contribution in [2.75, 3.05) is 14.1 Å². The number of rotatable bonds is 7. The maximum absolute atomic E-state index is 12.8. The molecular formula is C23H34N4O5S. The first-order valence-electron chi connectivity index (χ1n) is 11.3. The highest BCUT2D eigenvalue weighted by molar-refractivity contribution is 7.89. The second-order valence-corrected chi connectivity index (χ2v) is 11.2. The van der Waals surface area contributed by atoms with Crippen LogP contribution < -0.4 is 0 Å². The molecule has 9 nitrogen and oxygen atoms in total. The molecule has 0 radical (unpaired) electrons. The topological polar surface area (TPSA) is 102 Å². The van der Waals surface area contributed by atoms with Gasteiger partial charge in [-0.3, -0.25) is 9.59 Å². The van der Waals surface area contributed by atoms with Gasteiger partial charge in [0.2, 0.25) is 10.0 Å². The summed E-state index contributed by atoms with van der Waals surface area (Å²) >= 11 is 0. The summed E-state index contributed by atoms with van der Waals surface area (Å²) in [7, 11) is 1.22. The Hall–Kier alpha value is -2.46. The van der Waals surface area contributed by atoms with Gasteiger partial charge >= 0.3 is 5.97 Å². The summed E-state index contributed by atoms with van der Waals surface area (Å²) < 4.78 is 33.2. The second-order valence-electron chi connectivity index (χ2n) is 9.03. The van der Waals surface area contributed by atoms with Crippen molar-refractivity contribution >= 4 is 32.9 Å². The fourth-order valence-corrected chi connectivity index (χ4v) is 5.33. The molecule has 1 fully saturated rings. The predicted molar refractivity (Wildman–Crippen MR) is 125 cm³/mol. The zero-order valence-corrected chi connectivity index (χ0v) is 21.1. The molecule has 0 spiro atoms. The molecule has 2 aromatic rings. The van der Waals surface area contributed by atoms with Crippen LogP contribution in [0.2, 0.25) is 0 Å². The van der Waals surface area contributed by atoms with Crippen molar-refractivity contribution in [3.8, 4) is 0 Å². The van der Waals surface area contributed by atoms with Crippen molar-refractivity contribution in [1.29, 1.82) is 0 Å². The van der Waals surface area contributed by atoms with Crippen molar-refractivity contribution in [3.63, 3.8) is 0 Å². The third-order valence-corrected chi connectivity index (χ3v) is 8.19. The zero-order chi connectivity index (χ0) is 24.5. The van der Waals surface area contributed by atoms with Crippen molar-refractivity contribution in [2.24, 2.45) is 7.05 Å². The first-order chi connectivity index (χ1) is 15.4. The standard InChI is InChI=1S/C23H34N4O5S/c1-15-8-7-9-16(2)27(15)23(29)17(3)32-22(28)13-12-21-24-19-14-18(33(30,31)25(4)5)10-11-20(19)26(21)6/h10-11,14-17H,7-9,12-13H2,1-6H3/t15-,16-,17+/m1/s1. The summed E-state index contributed by atoms with van der Waals surface area (Å²) in [4.78, 5) is 31.8. The van der Waals surface area contributed by atoms with Crippen LogP contribution in [0.25, 0.3) is 11.0 Å². The lowest BCUT2D eigenvalue weighted by atomic mass is 9.97. The first kappa shape index (κ1) is 25.2. The maximum atomic E-state index is 12.8. The fraction of sp³-hybridized carbons (Fsp3) is 0.609. The quantitative estimate of drug-likeness (QED) is 0.567. The number of sulfonamides is 1. The molecule has 2 heterocycles. The molecule has 182 valence electrons. The van der Waals surface area contributed by atoms with Crippen LogP contribution in [0.4, 0.5) is 0 Å². The normalized spacial score (nSPS) is 20.3. The number of esters is 1. The number of aromatic nitrogens is 2. The number of likely N-dealkylation sites (tertiary alicyclic amines) is 1. The lowest BCUT2D eigenvalue weighted by Gasteiger charge is -2.40. The Morgan fingerprint density at radius 1 is 1.21 bits per heavy atom. The summed E-state index contributed by atoms with van der Waals surface area (Å²) in [6.07, 6.45) is 2.57. The van der Waals surface area contributed by atoms with Crippen LogP contribution in [0.15, 0.2) is 23.1 Å². The Kier molecular flexibility index (Phi) is 7.48. The Morgan fingerprint density at radius 3 is 2.45 bits per heavy atom. The highest BCUT2D eigenvalue weighted by Gasteiger charge is 2.33. The summed E-state index contributed by atoms with van der Waals surface area (Å²) in [5.41, 5.74) is 1.31. The molecule has 1 aromatic heterocycles. The van der Waals surface area contributed by atoms with E-state index >= 15 is 0 Å². The molecule has 33 heavy (non-hydrogen) atoms. The van der Waals surface area contributed by atoms with E-state index in [0.717, 1.165) is 29.1 Å². The minimum atomic E-state index is -3.56. The number of hydrogen-bond donors (Lipinski definition) is 0. The molecule has 0 bridgehead atoms. The minimum absolute atomic E-state index is 0.0722. The Labute approximate surface area is 195 Å². The zero-order valence-electron chi connectivity index (χ0n) is 20.2. The van der Waals surface area contributed by atoms with Gasteiger partial charge in [0.15, 0.2) is 6.10 Å². The van der Waals surface area contributed by atoms with Crippen molar-refractivity contribution in [1.82, 2.24) is 18.8 Å². The molecule has 3 rings (SSSR count). The molecule has 0 N–H and O–H groups in total. The van der Waals surface area contributed by atoms with Gasteiger partial charge in [0, 0.05) is 39.6 Å². The number of carbonyl (C=O) groups is 2. The molecule has 1 saturated heterocycles. The van der Waals surface area contributed by atoms with Crippen molar-refractivity contribution in [3.05, 3.63) is 24.0 Å². The van der Waals surface area contributed by atoms with E-state index in [-0.39, 0.29) is 29.3 Å². The van der Waals surface area contributed by atoms with Gasteiger partial charge in [0.05, 0.1) is 22.3 Å². The molecule has 0 saturated carbocycles. The Morgan fingerprint density at radius 2 is 1.85 bits per heavy atom. The lowest BCUT2D eigenvalue weighted by molar-refractivity contribution is -0.162. The fourth-order valence-electron chi connectivity index (χ4n) is 4.41. The van der Waals surface area contributed by atoms with Gasteiger partial charge in [0.25, 0.3) is 5.91 Å². The second kappa shape index (κ2) is 9.80. The van der Waals surface area contributed by atoms with Gasteiger partial charge in [-0.25, -0.2) is 17.7 Å². The van der Waals surface area contributed by atoms with Crippen LogP contribution in [0.3, 0.4) is 0 Å². The highest BCUT2D eigenvalue weighted by atomic mass is 32.2. The van der Waals surface area contributed by atoms with E-state index in [9.17, 15) is 18.0 Å². The summed E-state index contributed by atoms with van der Waals surface area (Å²) in [6, 6.07) is 5.08. The number of carbonyl (C=O) groups excluding carboxylic acids is 2. The molecule has 0 aliphatic carbocycles. The number of imidazole rings is 1. The number of aryl methyl sites for hydroxylation is 2. The van der Waals surface area contributed by atoms with Crippen LogP contribution in [0.1, 0.15) is 52.3 Å². The predicted octanol–water partition coefficient (Wildman–Crippen LogP) is 2.48. The largest absolute Gasteiger partial charge is 0.453 e. The molecular weight excluding hydrogens is 444 g/mol. The SMILES string of the molecule is C[C@H](OC(=O)CCc1nc2cc(S(=O)(=O)N(C)C)ccc2n1C)C(=O)N1[C@H](C)CCC[C@H]1C. The molecule has 1 aromatic carbocycles. The van der Waals surface area contributed by atoms with Gasteiger partial charge in [-0.05, 0) is 58.2 Å². The number of fused-ring (bicyclic) bond motifs is 1. The van der Waals surface area contributed by atoms with Crippen LogP contribution in [-0.2, 0) is 37.8 Å². The smallest absolute Gasteiger partial charge is 0.307 e. The van der Waals surface area contributed by atoms with E-state index in [4.69, 9.17) is 4.74 Å². The third-order valence-electron chi connectivity index (χ3n) is 6.38. The number of ether oxygens (including phenoxy) is 1. The van der Waals surface area contributed by atoms with E-state index in [1.807, 2.05) is 30.4 Å². The molecule has 0 unspecified atom stereocenters. The summed E-state index contributed by atoms with van der Waals surface area (Å²) in [5.74, 6) is 0.0233. The van der Waals surface area contributed by atoms with Crippen molar-refractivity contribution in [2.45, 2.75) is 76.0 Å². The van der Waals surface area contributed by atoms with Crippen LogP contribution in [-0.4, -0.2) is 71.3 Å². The van der Waals surface area contributed by atoms with Crippen LogP contribution >= 0.6 is 0 Å². The monoisotopic (exact) mass is 478 g/mol. The van der Waals surface area contributed by atoms with Gasteiger partial charge in [-0.2, -0.15) is 0 Å². The minimum Gasteiger partial charge on any atom is -0.453 e. The average Bonchev–Trinajstić information content (AvgIpc) is 3.06. The first-order valence-corrected chi connectivity index (χ1v) is 12.8. The lowest BCUT2D eigenvalue weighted by Crippen LogP contribution is -2.51. The molecule has 1 aliphatic heterocycles. The summed E-state index contributed by atoms with van der Waals surface area (Å²) in [6.45, 7) is 5.68. The maximum Gasteiger partial charge on any atom is 0.307 e. The number of hydrogen-bond acceptors (Lipinski definition) is 6. The van der Waals surface area contributed by atoms with E-state index in [1.165, 1.54) is 20.2 Å². The number of piperidine rings is 1. The van der Waals surface area contributed by atoms with E-state index in [2.05, 4.69) is 4.98 Å². The van der Waals surface area contributed by atoms with E-state index < -0.39 is 22.1 Å². The Balaban J connectivity index is 1.65. The van der Waals surface area contributed by atoms with E-state index in [1.54, 1.807) is 19.1 Å². The van der Waals surface area contributed by atoms with Gasteiger partial charge in [-0.1, -0.05) is 0 Å². The van der Waals surface area contributed by atoms with Crippen molar-refractivity contribution < 1.29 is 22.7 Å². The third kappa shape index (κ3) is 5.22. The van der Waals surface area contributed by atoms with Gasteiger partial charge in [0.1, 0.15) is 5.82 Å². The highest BCUT2D eigenvalue weighted by Crippen LogP contribution is 2.24. The molecule has 1 amide bonds. The molecule has 3 atom stereocenters. The Bertz CT molecular complexity index is 1130. The van der Waals surface area contributed by atoms with Crippen LogP contribution in [0.5, 0.6) is 0 Å². The van der Waals surface area contributed by atoms with Crippen LogP contribution in [0, 0.1) is 0 Å². The number of benzene rings is 1. The number of amides is 1. The molecule has 1 aliphatic rings. The van der Waals surface area contributed by atoms with E-state index in [0.29, 0.717) is 17.8 Å². The average molecular weight is 479 g/mol.